The molecule has 0 amide bonds. The third-order valence-corrected chi connectivity index (χ3v) is 2.26. The molecular weight excluding hydrogens is 220 g/mol. The third-order valence-electron chi connectivity index (χ3n) is 2.26. The molecule has 0 atom stereocenters. The zero-order valence-corrected chi connectivity index (χ0v) is 10.4. The Labute approximate surface area is 101 Å². The molecular formula is C11H18N4O2. The van der Waals surface area contributed by atoms with Gasteiger partial charge in [-0.25, -0.2) is 4.98 Å². The molecule has 0 aliphatic carbocycles. The summed E-state index contributed by atoms with van der Waals surface area (Å²) in [5.74, 6) is 0.665. The van der Waals surface area contributed by atoms with Gasteiger partial charge in [0.05, 0.1) is 4.92 Å². The van der Waals surface area contributed by atoms with Crippen molar-refractivity contribution in [3.05, 3.63) is 27.9 Å². The number of hydrogen-bond donors (Lipinski definition) is 2. The number of nitro groups is 1. The van der Waals surface area contributed by atoms with E-state index in [1.165, 1.54) is 6.20 Å². The molecule has 0 aliphatic rings. The highest BCUT2D eigenvalue weighted by molar-refractivity contribution is 5.46. The van der Waals surface area contributed by atoms with Gasteiger partial charge in [0.2, 0.25) is 0 Å². The van der Waals surface area contributed by atoms with Crippen molar-refractivity contribution in [2.24, 2.45) is 0 Å². The van der Waals surface area contributed by atoms with Gasteiger partial charge in [-0.1, -0.05) is 13.8 Å². The van der Waals surface area contributed by atoms with E-state index in [0.717, 1.165) is 13.1 Å². The molecule has 0 saturated heterocycles. The molecule has 1 aromatic rings. The van der Waals surface area contributed by atoms with Crippen LogP contribution in [0.25, 0.3) is 0 Å². The van der Waals surface area contributed by atoms with Gasteiger partial charge < -0.3 is 10.6 Å². The Morgan fingerprint density at radius 1 is 1.47 bits per heavy atom. The summed E-state index contributed by atoms with van der Waals surface area (Å²) >= 11 is 0. The van der Waals surface area contributed by atoms with E-state index in [2.05, 4.69) is 29.5 Å². The van der Waals surface area contributed by atoms with Gasteiger partial charge in [0.25, 0.3) is 5.69 Å². The number of hydrogen-bond acceptors (Lipinski definition) is 5. The first-order valence-corrected chi connectivity index (χ1v) is 5.59. The van der Waals surface area contributed by atoms with Gasteiger partial charge in [0.15, 0.2) is 0 Å². The molecule has 1 rings (SSSR count). The van der Waals surface area contributed by atoms with Crippen molar-refractivity contribution >= 4 is 11.5 Å². The van der Waals surface area contributed by atoms with Crippen molar-refractivity contribution < 1.29 is 4.92 Å². The summed E-state index contributed by atoms with van der Waals surface area (Å²) < 4.78 is 0. The van der Waals surface area contributed by atoms with Gasteiger partial charge in [0.1, 0.15) is 12.0 Å². The zero-order chi connectivity index (χ0) is 12.8. The topological polar surface area (TPSA) is 80.1 Å². The van der Waals surface area contributed by atoms with Crippen LogP contribution in [0.2, 0.25) is 0 Å². The first-order chi connectivity index (χ1) is 8.00. The molecule has 0 saturated carbocycles. The lowest BCUT2D eigenvalue weighted by Crippen LogP contribution is -2.28. The third kappa shape index (κ3) is 4.36. The highest BCUT2D eigenvalue weighted by atomic mass is 16.6. The smallest absolute Gasteiger partial charge is 0.290 e. The number of aryl methyl sites for hydroxylation is 1. The lowest BCUT2D eigenvalue weighted by atomic mass is 10.2. The minimum atomic E-state index is -0.424. The summed E-state index contributed by atoms with van der Waals surface area (Å²) in [5, 5.41) is 17.0. The molecule has 0 aromatic carbocycles. The largest absolute Gasteiger partial charge is 0.369 e. The normalized spacial score (nSPS) is 10.6. The Balaban J connectivity index is 2.50. The lowest BCUT2D eigenvalue weighted by molar-refractivity contribution is -0.385. The van der Waals surface area contributed by atoms with Gasteiger partial charge in [-0.2, -0.15) is 0 Å². The Bertz CT molecular complexity index is 393. The highest BCUT2D eigenvalue weighted by Gasteiger charge is 2.10. The molecule has 0 spiro atoms. The molecule has 1 aromatic heterocycles. The minimum absolute atomic E-state index is 0.0517. The fourth-order valence-electron chi connectivity index (χ4n) is 1.39. The van der Waals surface area contributed by atoms with Gasteiger partial charge in [0, 0.05) is 24.7 Å². The highest BCUT2D eigenvalue weighted by Crippen LogP contribution is 2.18. The van der Waals surface area contributed by atoms with Crippen molar-refractivity contribution in [1.82, 2.24) is 10.3 Å². The van der Waals surface area contributed by atoms with Crippen LogP contribution in [0.4, 0.5) is 11.5 Å². The maximum absolute atomic E-state index is 10.6. The van der Waals surface area contributed by atoms with E-state index in [1.54, 1.807) is 13.0 Å². The second-order valence-corrected chi connectivity index (χ2v) is 4.15. The summed E-state index contributed by atoms with van der Waals surface area (Å²) in [4.78, 5) is 14.2. The second-order valence-electron chi connectivity index (χ2n) is 4.15. The molecule has 2 N–H and O–H groups in total. The average molecular weight is 238 g/mol. The molecule has 17 heavy (non-hydrogen) atoms. The van der Waals surface area contributed by atoms with Gasteiger partial charge in [-0.05, 0) is 13.0 Å². The van der Waals surface area contributed by atoms with E-state index < -0.39 is 4.92 Å². The predicted molar refractivity (Wildman–Crippen MR) is 67.3 cm³/mol. The summed E-state index contributed by atoms with van der Waals surface area (Å²) in [6.45, 7) is 7.43. The fraction of sp³-hybridized carbons (Fsp3) is 0.545. The molecule has 6 nitrogen and oxygen atoms in total. The standard InChI is InChI=1S/C11H18N4O2/c1-8(2)12-4-5-13-11-6-9(3)10(7-14-11)15(16)17/h6-8,12H,4-5H2,1-3H3,(H,13,14). The quantitative estimate of drug-likeness (QED) is 0.448. The van der Waals surface area contributed by atoms with Crippen LogP contribution in [0.3, 0.4) is 0 Å². The minimum Gasteiger partial charge on any atom is -0.369 e. The van der Waals surface area contributed by atoms with E-state index in [-0.39, 0.29) is 5.69 Å². The van der Waals surface area contributed by atoms with Gasteiger partial charge in [-0.3, -0.25) is 10.1 Å². The van der Waals surface area contributed by atoms with Crippen LogP contribution < -0.4 is 10.6 Å². The Hall–Kier alpha value is -1.69. The number of nitrogens with zero attached hydrogens (tertiary/aromatic N) is 2. The van der Waals surface area contributed by atoms with Crippen LogP contribution in [0.1, 0.15) is 19.4 Å². The van der Waals surface area contributed by atoms with Crippen molar-refractivity contribution in [1.29, 1.82) is 0 Å². The van der Waals surface area contributed by atoms with E-state index in [4.69, 9.17) is 0 Å². The maximum atomic E-state index is 10.6. The SMILES string of the molecule is Cc1cc(NCCNC(C)C)ncc1[N+](=O)[O-]. The average Bonchev–Trinajstić information content (AvgIpc) is 2.23. The number of pyridine rings is 1. The van der Waals surface area contributed by atoms with Crippen molar-refractivity contribution in [3.63, 3.8) is 0 Å². The molecule has 0 aliphatic heterocycles. The molecule has 0 bridgehead atoms. The van der Waals surface area contributed by atoms with Crippen LogP contribution >= 0.6 is 0 Å². The predicted octanol–water partition coefficient (Wildman–Crippen LogP) is 1.71. The van der Waals surface area contributed by atoms with Crippen LogP contribution in [0.5, 0.6) is 0 Å². The van der Waals surface area contributed by atoms with Gasteiger partial charge in [-0.15, -0.1) is 0 Å². The number of anilines is 1. The molecule has 0 fully saturated rings. The first kappa shape index (κ1) is 13.4. The number of nitrogens with one attached hydrogen (secondary N) is 2. The van der Waals surface area contributed by atoms with E-state index in [0.29, 0.717) is 17.4 Å². The number of aromatic nitrogens is 1. The lowest BCUT2D eigenvalue weighted by Gasteiger charge is -2.09. The summed E-state index contributed by atoms with van der Waals surface area (Å²) in [5.41, 5.74) is 0.667. The summed E-state index contributed by atoms with van der Waals surface area (Å²) in [6.07, 6.45) is 1.29. The number of rotatable bonds is 6. The van der Waals surface area contributed by atoms with E-state index in [9.17, 15) is 10.1 Å². The Morgan fingerprint density at radius 3 is 2.71 bits per heavy atom. The van der Waals surface area contributed by atoms with Crippen molar-refractivity contribution in [2.45, 2.75) is 26.8 Å². The summed E-state index contributed by atoms with van der Waals surface area (Å²) in [7, 11) is 0. The maximum Gasteiger partial charge on any atom is 0.290 e. The zero-order valence-electron chi connectivity index (χ0n) is 10.4. The van der Waals surface area contributed by atoms with Crippen LogP contribution in [0.15, 0.2) is 12.3 Å². The molecule has 1 heterocycles. The molecule has 0 radical (unpaired) electrons. The Kier molecular flexibility index (Phi) is 4.84. The van der Waals surface area contributed by atoms with E-state index in [1.807, 2.05) is 0 Å². The van der Waals surface area contributed by atoms with Crippen LogP contribution in [-0.2, 0) is 0 Å². The van der Waals surface area contributed by atoms with Crippen LogP contribution in [-0.4, -0.2) is 29.0 Å². The van der Waals surface area contributed by atoms with Crippen LogP contribution in [0, 0.1) is 17.0 Å². The second kappa shape index (κ2) is 6.15. The fourth-order valence-corrected chi connectivity index (χ4v) is 1.39. The summed E-state index contributed by atoms with van der Waals surface area (Å²) in [6, 6.07) is 2.14. The van der Waals surface area contributed by atoms with E-state index >= 15 is 0 Å². The molecule has 94 valence electrons. The monoisotopic (exact) mass is 238 g/mol. The molecule has 0 unspecified atom stereocenters. The first-order valence-electron chi connectivity index (χ1n) is 5.59. The molecule has 6 heteroatoms. The Morgan fingerprint density at radius 2 is 2.18 bits per heavy atom. The van der Waals surface area contributed by atoms with Crippen molar-refractivity contribution in [3.8, 4) is 0 Å². The van der Waals surface area contributed by atoms with Crippen molar-refractivity contribution in [2.75, 3.05) is 18.4 Å². The van der Waals surface area contributed by atoms with Gasteiger partial charge >= 0.3 is 0 Å².